The third-order valence-corrected chi connectivity index (χ3v) is 5.31. The highest BCUT2D eigenvalue weighted by Crippen LogP contribution is 2.39. The van der Waals surface area contributed by atoms with Crippen molar-refractivity contribution in [3.63, 3.8) is 0 Å². The molecule has 1 unspecified atom stereocenters. The SMILES string of the molecule is CCOC(=O)C(=O)N1CC(c2ccc(OC(F)F)c(OCC3CC3)c2)C[C@H]1C(=O)OC. The second-order valence-corrected chi connectivity index (χ2v) is 7.49. The predicted octanol–water partition coefficient (Wildman–Crippen LogP) is 2.50. The summed E-state index contributed by atoms with van der Waals surface area (Å²) in [5.74, 6) is -2.48. The quantitative estimate of drug-likeness (QED) is 0.452. The number of benzene rings is 1. The molecule has 1 aliphatic carbocycles. The van der Waals surface area contributed by atoms with Crippen LogP contribution in [-0.4, -0.2) is 62.3 Å². The lowest BCUT2D eigenvalue weighted by atomic mass is 9.96. The van der Waals surface area contributed by atoms with E-state index in [0.717, 1.165) is 17.7 Å². The van der Waals surface area contributed by atoms with Crippen molar-refractivity contribution in [2.45, 2.75) is 44.8 Å². The molecule has 0 radical (unpaired) electrons. The standard InChI is InChI=1S/C21H25F2NO7/c1-3-29-20(27)18(25)24-10-14(8-15(24)19(26)28-2)13-6-7-16(31-21(22)23)17(9-13)30-11-12-4-5-12/h6-7,9,12,14-15,21H,3-5,8,10-11H2,1-2H3/t14?,15-/m0/s1. The van der Waals surface area contributed by atoms with Gasteiger partial charge in [-0.25, -0.2) is 9.59 Å². The molecule has 1 saturated carbocycles. The maximum Gasteiger partial charge on any atom is 0.397 e. The lowest BCUT2D eigenvalue weighted by Crippen LogP contribution is -2.45. The summed E-state index contributed by atoms with van der Waals surface area (Å²) in [5.41, 5.74) is 0.667. The summed E-state index contributed by atoms with van der Waals surface area (Å²) in [5, 5.41) is 0. The van der Waals surface area contributed by atoms with Crippen molar-refractivity contribution in [1.29, 1.82) is 0 Å². The first-order valence-electron chi connectivity index (χ1n) is 10.1. The Morgan fingerprint density at radius 2 is 1.94 bits per heavy atom. The van der Waals surface area contributed by atoms with Gasteiger partial charge >= 0.3 is 24.5 Å². The highest BCUT2D eigenvalue weighted by atomic mass is 19.3. The van der Waals surface area contributed by atoms with Gasteiger partial charge in [-0.3, -0.25) is 4.79 Å². The van der Waals surface area contributed by atoms with Crippen molar-refractivity contribution in [3.8, 4) is 11.5 Å². The van der Waals surface area contributed by atoms with Gasteiger partial charge in [-0.15, -0.1) is 0 Å². The summed E-state index contributed by atoms with van der Waals surface area (Å²) in [4.78, 5) is 37.7. The number of methoxy groups -OCH3 is 1. The van der Waals surface area contributed by atoms with Crippen LogP contribution >= 0.6 is 0 Å². The fraction of sp³-hybridized carbons (Fsp3) is 0.571. The summed E-state index contributed by atoms with van der Waals surface area (Å²) in [6.45, 7) is -0.942. The number of hydrogen-bond acceptors (Lipinski definition) is 7. The van der Waals surface area contributed by atoms with Crippen LogP contribution in [0.2, 0.25) is 0 Å². The van der Waals surface area contributed by atoms with Crippen molar-refractivity contribution in [1.82, 2.24) is 4.90 Å². The van der Waals surface area contributed by atoms with Gasteiger partial charge in [-0.05, 0) is 49.8 Å². The highest BCUT2D eigenvalue weighted by molar-refractivity contribution is 6.32. The zero-order valence-corrected chi connectivity index (χ0v) is 17.3. The van der Waals surface area contributed by atoms with Crippen molar-refractivity contribution in [2.24, 2.45) is 5.92 Å². The Morgan fingerprint density at radius 1 is 1.19 bits per heavy atom. The van der Waals surface area contributed by atoms with Crippen LogP contribution in [0.1, 0.15) is 37.7 Å². The molecule has 170 valence electrons. The third kappa shape index (κ3) is 5.62. The molecule has 2 atom stereocenters. The van der Waals surface area contributed by atoms with Gasteiger partial charge in [-0.2, -0.15) is 8.78 Å². The van der Waals surface area contributed by atoms with Gasteiger partial charge in [0.2, 0.25) is 0 Å². The van der Waals surface area contributed by atoms with Crippen LogP contribution in [0.4, 0.5) is 8.78 Å². The van der Waals surface area contributed by atoms with Gasteiger partial charge in [0.15, 0.2) is 11.5 Å². The molecule has 0 bridgehead atoms. The van der Waals surface area contributed by atoms with E-state index in [9.17, 15) is 23.2 Å². The second-order valence-electron chi connectivity index (χ2n) is 7.49. The number of ether oxygens (including phenoxy) is 4. The smallest absolute Gasteiger partial charge is 0.397 e. The number of alkyl halides is 2. The van der Waals surface area contributed by atoms with E-state index in [1.165, 1.54) is 13.2 Å². The van der Waals surface area contributed by atoms with E-state index in [4.69, 9.17) is 14.2 Å². The maximum absolute atomic E-state index is 12.8. The number of esters is 2. The fourth-order valence-electron chi connectivity index (χ4n) is 3.55. The molecule has 8 nitrogen and oxygen atoms in total. The average Bonchev–Trinajstić information content (AvgIpc) is 3.47. The largest absolute Gasteiger partial charge is 0.489 e. The number of amides is 1. The molecule has 10 heteroatoms. The molecule has 1 saturated heterocycles. The van der Waals surface area contributed by atoms with E-state index < -0.39 is 30.5 Å². The van der Waals surface area contributed by atoms with Crippen LogP contribution in [0.15, 0.2) is 18.2 Å². The first-order valence-corrected chi connectivity index (χ1v) is 10.1. The lowest BCUT2D eigenvalue weighted by molar-refractivity contribution is -0.163. The van der Waals surface area contributed by atoms with Gasteiger partial charge in [0.05, 0.1) is 20.3 Å². The molecular weight excluding hydrogens is 416 g/mol. The van der Waals surface area contributed by atoms with E-state index >= 15 is 0 Å². The summed E-state index contributed by atoms with van der Waals surface area (Å²) in [6.07, 6.45) is 2.26. The Balaban J connectivity index is 1.82. The van der Waals surface area contributed by atoms with Crippen molar-refractivity contribution in [3.05, 3.63) is 23.8 Å². The number of carbonyl (C=O) groups excluding carboxylic acids is 3. The molecule has 2 aliphatic rings. The summed E-state index contributed by atoms with van der Waals surface area (Å²) >= 11 is 0. The molecule has 1 aliphatic heterocycles. The van der Waals surface area contributed by atoms with Crippen molar-refractivity contribution >= 4 is 17.8 Å². The summed E-state index contributed by atoms with van der Waals surface area (Å²) < 4.78 is 45.3. The minimum absolute atomic E-state index is 0.0258. The van der Waals surface area contributed by atoms with Crippen LogP contribution in [-0.2, 0) is 23.9 Å². The third-order valence-electron chi connectivity index (χ3n) is 5.31. The minimum Gasteiger partial charge on any atom is -0.489 e. The average molecular weight is 441 g/mol. The van der Waals surface area contributed by atoms with Gasteiger partial charge < -0.3 is 23.8 Å². The fourth-order valence-corrected chi connectivity index (χ4v) is 3.55. The van der Waals surface area contributed by atoms with Gasteiger partial charge in [0, 0.05) is 12.5 Å². The molecule has 1 amide bonds. The number of nitrogens with zero attached hydrogens (tertiary/aromatic N) is 1. The number of carbonyl (C=O) groups is 3. The molecular formula is C21H25F2NO7. The van der Waals surface area contributed by atoms with Gasteiger partial charge in [0.25, 0.3) is 0 Å². The van der Waals surface area contributed by atoms with Crippen LogP contribution in [0.5, 0.6) is 11.5 Å². The van der Waals surface area contributed by atoms with Crippen LogP contribution in [0.3, 0.4) is 0 Å². The Bertz CT molecular complexity index is 828. The van der Waals surface area contributed by atoms with Gasteiger partial charge in [0.1, 0.15) is 6.04 Å². The molecule has 1 aromatic rings. The lowest BCUT2D eigenvalue weighted by Gasteiger charge is -2.21. The minimum atomic E-state index is -3.00. The van der Waals surface area contributed by atoms with Crippen molar-refractivity contribution < 1.29 is 42.1 Å². The first kappa shape index (κ1) is 22.8. The van der Waals surface area contributed by atoms with Crippen LogP contribution in [0, 0.1) is 5.92 Å². The zero-order chi connectivity index (χ0) is 22.5. The van der Waals surface area contributed by atoms with Gasteiger partial charge in [-0.1, -0.05) is 6.07 Å². The highest BCUT2D eigenvalue weighted by Gasteiger charge is 2.43. The topological polar surface area (TPSA) is 91.4 Å². The van der Waals surface area contributed by atoms with Crippen LogP contribution < -0.4 is 9.47 Å². The Kier molecular flexibility index (Phi) is 7.29. The predicted molar refractivity (Wildman–Crippen MR) is 103 cm³/mol. The Labute approximate surface area is 178 Å². The second kappa shape index (κ2) is 9.93. The monoisotopic (exact) mass is 441 g/mol. The molecule has 0 aromatic heterocycles. The van der Waals surface area contributed by atoms with E-state index in [1.54, 1.807) is 19.1 Å². The van der Waals surface area contributed by atoms with Crippen molar-refractivity contribution in [2.75, 3.05) is 26.9 Å². The molecule has 1 heterocycles. The normalized spacial score (nSPS) is 20.5. The first-order chi connectivity index (χ1) is 14.8. The molecule has 3 rings (SSSR count). The zero-order valence-electron chi connectivity index (χ0n) is 17.3. The Hall–Kier alpha value is -2.91. The van der Waals surface area contributed by atoms with E-state index in [-0.39, 0.29) is 37.0 Å². The number of likely N-dealkylation sites (tertiary alicyclic amines) is 1. The van der Waals surface area contributed by atoms with E-state index in [0.29, 0.717) is 18.1 Å². The number of hydrogen-bond donors (Lipinski definition) is 0. The molecule has 0 spiro atoms. The number of rotatable bonds is 8. The summed E-state index contributed by atoms with van der Waals surface area (Å²) in [7, 11) is 1.20. The molecule has 2 fully saturated rings. The number of halogens is 2. The van der Waals surface area contributed by atoms with E-state index in [2.05, 4.69) is 4.74 Å². The maximum atomic E-state index is 12.8. The molecule has 1 aromatic carbocycles. The summed E-state index contributed by atoms with van der Waals surface area (Å²) in [6, 6.07) is 3.59. The van der Waals surface area contributed by atoms with Crippen LogP contribution in [0.25, 0.3) is 0 Å². The molecule has 31 heavy (non-hydrogen) atoms. The Morgan fingerprint density at radius 3 is 2.55 bits per heavy atom. The molecule has 0 N–H and O–H groups in total. The van der Waals surface area contributed by atoms with E-state index in [1.807, 2.05) is 0 Å².